The Labute approximate surface area is 137 Å². The highest BCUT2D eigenvalue weighted by Crippen LogP contribution is 2.61. The summed E-state index contributed by atoms with van der Waals surface area (Å²) in [5.41, 5.74) is 0.167. The average Bonchev–Trinajstić information content (AvgIpc) is 2.89. The van der Waals surface area contributed by atoms with Gasteiger partial charge in [0.05, 0.1) is 6.10 Å². The third-order valence-electron chi connectivity index (χ3n) is 6.89. The first-order chi connectivity index (χ1) is 11.0. The highest BCUT2D eigenvalue weighted by Gasteiger charge is 2.52. The van der Waals surface area contributed by atoms with E-state index in [0.29, 0.717) is 19.4 Å². The number of aliphatic carboxylic acids is 1. The molecule has 0 radical (unpaired) electrons. The Morgan fingerprint density at radius 2 is 1.65 bits per heavy atom. The number of carbonyl (C=O) groups is 2. The van der Waals surface area contributed by atoms with Gasteiger partial charge in [-0.1, -0.05) is 0 Å². The second-order valence-corrected chi connectivity index (χ2v) is 8.59. The molecule has 5 rings (SSSR count). The predicted molar refractivity (Wildman–Crippen MR) is 83.8 cm³/mol. The summed E-state index contributed by atoms with van der Waals surface area (Å²) in [7, 11) is 1.59. The lowest BCUT2D eigenvalue weighted by Gasteiger charge is -2.57. The number of carboxylic acid groups (broad SMARTS) is 1. The van der Waals surface area contributed by atoms with Crippen LogP contribution < -0.4 is 0 Å². The van der Waals surface area contributed by atoms with Crippen molar-refractivity contribution in [3.8, 4) is 0 Å². The second kappa shape index (κ2) is 5.47. The van der Waals surface area contributed by atoms with Crippen molar-refractivity contribution in [2.24, 2.45) is 23.2 Å². The molecule has 5 heteroatoms. The zero-order valence-corrected chi connectivity index (χ0v) is 13.9. The summed E-state index contributed by atoms with van der Waals surface area (Å²) < 4.78 is 5.31. The summed E-state index contributed by atoms with van der Waals surface area (Å²) in [5.74, 6) is 1.58. The van der Waals surface area contributed by atoms with Gasteiger partial charge in [0, 0.05) is 26.5 Å². The van der Waals surface area contributed by atoms with Gasteiger partial charge in [0.2, 0.25) is 5.91 Å². The average molecular weight is 321 g/mol. The summed E-state index contributed by atoms with van der Waals surface area (Å²) in [5, 5.41) is 9.43. The summed E-state index contributed by atoms with van der Waals surface area (Å²) in [6.45, 7) is 0.429. The molecule has 128 valence electrons. The minimum atomic E-state index is -0.900. The maximum absolute atomic E-state index is 12.9. The molecule has 0 aromatic heterocycles. The van der Waals surface area contributed by atoms with E-state index in [9.17, 15) is 14.7 Å². The lowest BCUT2D eigenvalue weighted by molar-refractivity contribution is -0.151. The molecule has 4 bridgehead atoms. The van der Waals surface area contributed by atoms with Crippen LogP contribution in [0, 0.1) is 23.2 Å². The first-order valence-electron chi connectivity index (χ1n) is 9.03. The molecule has 2 atom stereocenters. The molecule has 1 N–H and O–H groups in total. The second-order valence-electron chi connectivity index (χ2n) is 8.59. The first-order valence-corrected chi connectivity index (χ1v) is 9.03. The lowest BCUT2D eigenvalue weighted by Crippen LogP contribution is -2.49. The number of amides is 1. The van der Waals surface area contributed by atoms with E-state index in [4.69, 9.17) is 4.74 Å². The van der Waals surface area contributed by atoms with Crippen LogP contribution in [0.15, 0.2) is 0 Å². The highest BCUT2D eigenvalue weighted by atomic mass is 16.5. The molecule has 1 heterocycles. The molecule has 4 aliphatic carbocycles. The monoisotopic (exact) mass is 321 g/mol. The number of hydrogen-bond acceptors (Lipinski definition) is 3. The molecule has 0 spiro atoms. The molecular weight excluding hydrogens is 294 g/mol. The minimum Gasteiger partial charge on any atom is -0.480 e. The van der Waals surface area contributed by atoms with Crippen LogP contribution in [0.3, 0.4) is 0 Å². The Bertz CT molecular complexity index is 482. The zero-order valence-electron chi connectivity index (χ0n) is 13.9. The number of hydrogen-bond donors (Lipinski definition) is 1. The Kier molecular flexibility index (Phi) is 3.67. The molecule has 1 amide bonds. The number of nitrogens with zero attached hydrogens (tertiary/aromatic N) is 1. The third-order valence-corrected chi connectivity index (χ3v) is 6.89. The van der Waals surface area contributed by atoms with Gasteiger partial charge in [0.25, 0.3) is 0 Å². The fourth-order valence-electron chi connectivity index (χ4n) is 6.41. The Balaban J connectivity index is 1.48. The number of ether oxygens (including phenoxy) is 1. The quantitative estimate of drug-likeness (QED) is 0.863. The van der Waals surface area contributed by atoms with Gasteiger partial charge in [-0.2, -0.15) is 0 Å². The molecule has 5 aliphatic rings. The maximum atomic E-state index is 12.9. The summed E-state index contributed by atoms with van der Waals surface area (Å²) in [6.07, 6.45) is 8.46. The van der Waals surface area contributed by atoms with Gasteiger partial charge in [-0.25, -0.2) is 4.79 Å². The van der Waals surface area contributed by atoms with Crippen molar-refractivity contribution in [2.45, 2.75) is 63.5 Å². The lowest BCUT2D eigenvalue weighted by atomic mass is 9.49. The largest absolute Gasteiger partial charge is 0.480 e. The predicted octanol–water partition coefficient (Wildman–Crippen LogP) is 2.29. The van der Waals surface area contributed by atoms with Gasteiger partial charge < -0.3 is 14.7 Å². The van der Waals surface area contributed by atoms with Crippen LogP contribution in [0.25, 0.3) is 0 Å². The molecule has 1 saturated heterocycles. The maximum Gasteiger partial charge on any atom is 0.326 e. The summed E-state index contributed by atoms with van der Waals surface area (Å²) in [4.78, 5) is 26.0. The topological polar surface area (TPSA) is 66.8 Å². The molecule has 0 aromatic carbocycles. The fraction of sp³-hybridized carbons (Fsp3) is 0.889. The highest BCUT2D eigenvalue weighted by molar-refractivity contribution is 5.85. The minimum absolute atomic E-state index is 0.0406. The van der Waals surface area contributed by atoms with Crippen molar-refractivity contribution in [2.75, 3.05) is 13.7 Å². The van der Waals surface area contributed by atoms with Crippen LogP contribution in [0.5, 0.6) is 0 Å². The van der Waals surface area contributed by atoms with E-state index in [0.717, 1.165) is 17.8 Å². The molecule has 5 fully saturated rings. The van der Waals surface area contributed by atoms with Gasteiger partial charge in [0.15, 0.2) is 0 Å². The van der Waals surface area contributed by atoms with Crippen LogP contribution in [-0.4, -0.2) is 47.7 Å². The number of carbonyl (C=O) groups excluding carboxylic acids is 1. The standard InChI is InChI=1S/C18H27NO4/c1-23-14-5-15(17(21)22)19(10-14)16(20)9-18-6-11-2-12(7-18)4-13(3-11)8-18/h11-15H,2-10H2,1H3,(H,21,22). The molecule has 23 heavy (non-hydrogen) atoms. The molecular formula is C18H27NO4. The Morgan fingerprint density at radius 3 is 2.13 bits per heavy atom. The van der Waals surface area contributed by atoms with E-state index in [1.807, 2.05) is 0 Å². The molecule has 0 aromatic rings. The van der Waals surface area contributed by atoms with E-state index in [1.165, 1.54) is 38.5 Å². The summed E-state index contributed by atoms with van der Waals surface area (Å²) in [6, 6.07) is -0.707. The van der Waals surface area contributed by atoms with Crippen molar-refractivity contribution >= 4 is 11.9 Å². The van der Waals surface area contributed by atoms with Gasteiger partial charge in [-0.15, -0.1) is 0 Å². The molecule has 5 nitrogen and oxygen atoms in total. The van der Waals surface area contributed by atoms with Gasteiger partial charge in [0.1, 0.15) is 6.04 Å². The summed E-state index contributed by atoms with van der Waals surface area (Å²) >= 11 is 0. The number of rotatable bonds is 4. The van der Waals surface area contributed by atoms with Gasteiger partial charge in [-0.05, 0) is 61.7 Å². The van der Waals surface area contributed by atoms with Gasteiger partial charge in [-0.3, -0.25) is 4.79 Å². The van der Waals surface area contributed by atoms with E-state index in [1.54, 1.807) is 12.0 Å². The van der Waals surface area contributed by atoms with E-state index >= 15 is 0 Å². The van der Waals surface area contributed by atoms with E-state index in [2.05, 4.69) is 0 Å². The van der Waals surface area contributed by atoms with E-state index in [-0.39, 0.29) is 17.4 Å². The first kappa shape index (κ1) is 15.4. The van der Waals surface area contributed by atoms with Crippen LogP contribution >= 0.6 is 0 Å². The van der Waals surface area contributed by atoms with Crippen molar-refractivity contribution in [3.05, 3.63) is 0 Å². The molecule has 2 unspecified atom stereocenters. The number of carboxylic acids is 1. The van der Waals surface area contributed by atoms with Crippen molar-refractivity contribution < 1.29 is 19.4 Å². The fourth-order valence-corrected chi connectivity index (χ4v) is 6.41. The van der Waals surface area contributed by atoms with Gasteiger partial charge >= 0.3 is 5.97 Å². The van der Waals surface area contributed by atoms with Crippen molar-refractivity contribution in [1.82, 2.24) is 4.90 Å². The van der Waals surface area contributed by atoms with Crippen LogP contribution in [0.4, 0.5) is 0 Å². The van der Waals surface area contributed by atoms with Crippen molar-refractivity contribution in [1.29, 1.82) is 0 Å². The number of methoxy groups -OCH3 is 1. The van der Waals surface area contributed by atoms with Crippen molar-refractivity contribution in [3.63, 3.8) is 0 Å². The third kappa shape index (κ3) is 2.67. The smallest absolute Gasteiger partial charge is 0.326 e. The molecule has 1 aliphatic heterocycles. The zero-order chi connectivity index (χ0) is 16.2. The van der Waals surface area contributed by atoms with Crippen LogP contribution in [0.1, 0.15) is 51.4 Å². The molecule has 4 saturated carbocycles. The van der Waals surface area contributed by atoms with Crippen LogP contribution in [-0.2, 0) is 14.3 Å². The Morgan fingerprint density at radius 1 is 1.09 bits per heavy atom. The number of likely N-dealkylation sites (tertiary alicyclic amines) is 1. The Hall–Kier alpha value is -1.10. The SMILES string of the molecule is COC1CC(C(=O)O)N(C(=O)CC23CC4CC(CC(C4)C2)C3)C1. The normalized spacial score (nSPS) is 44.7. The van der Waals surface area contributed by atoms with Crippen LogP contribution in [0.2, 0.25) is 0 Å². The van der Waals surface area contributed by atoms with E-state index < -0.39 is 12.0 Å².